The van der Waals surface area contributed by atoms with Gasteiger partial charge in [0.15, 0.2) is 0 Å². The topological polar surface area (TPSA) is 29.1 Å². The second kappa shape index (κ2) is 4.99. The summed E-state index contributed by atoms with van der Waals surface area (Å²) >= 11 is 3.40. The Labute approximate surface area is 98.2 Å². The summed E-state index contributed by atoms with van der Waals surface area (Å²) in [6.45, 7) is 3.90. The summed E-state index contributed by atoms with van der Waals surface area (Å²) in [4.78, 5) is 11.3. The van der Waals surface area contributed by atoms with Gasteiger partial charge < -0.3 is 5.32 Å². The molecule has 0 aliphatic carbocycles. The average molecular weight is 266 g/mol. The standard InChI is InChI=1S/C12H12BrNO/c1-4-5-11(15)14-12-8(2)6-10(13)7-9(12)3/h1,6-7H,5H2,2-3H3,(H,14,15). The molecule has 0 aliphatic heterocycles. The summed E-state index contributed by atoms with van der Waals surface area (Å²) in [6, 6.07) is 3.91. The van der Waals surface area contributed by atoms with Crippen LogP contribution in [0.5, 0.6) is 0 Å². The van der Waals surface area contributed by atoms with Crippen LogP contribution in [0.2, 0.25) is 0 Å². The van der Waals surface area contributed by atoms with Crippen LogP contribution in [0.4, 0.5) is 5.69 Å². The van der Waals surface area contributed by atoms with Crippen molar-refractivity contribution >= 4 is 27.5 Å². The summed E-state index contributed by atoms with van der Waals surface area (Å²) in [5, 5.41) is 2.80. The van der Waals surface area contributed by atoms with Gasteiger partial charge in [-0.1, -0.05) is 21.9 Å². The highest BCUT2D eigenvalue weighted by atomic mass is 79.9. The fourth-order valence-electron chi connectivity index (χ4n) is 1.38. The van der Waals surface area contributed by atoms with Crippen molar-refractivity contribution in [3.8, 4) is 12.3 Å². The molecule has 0 aliphatic rings. The highest BCUT2D eigenvalue weighted by molar-refractivity contribution is 9.10. The number of hydrogen-bond donors (Lipinski definition) is 1. The first-order valence-corrected chi connectivity index (χ1v) is 5.34. The minimum Gasteiger partial charge on any atom is -0.325 e. The van der Waals surface area contributed by atoms with E-state index in [1.807, 2.05) is 26.0 Å². The normalized spacial score (nSPS) is 9.47. The molecule has 0 aromatic heterocycles. The van der Waals surface area contributed by atoms with Gasteiger partial charge >= 0.3 is 0 Å². The third-order valence-corrected chi connectivity index (χ3v) is 2.48. The number of benzene rings is 1. The molecular formula is C12H12BrNO. The lowest BCUT2D eigenvalue weighted by molar-refractivity contribution is -0.115. The average Bonchev–Trinajstić information content (AvgIpc) is 2.11. The number of carbonyl (C=O) groups is 1. The van der Waals surface area contributed by atoms with E-state index in [1.54, 1.807) is 0 Å². The molecule has 78 valence electrons. The predicted octanol–water partition coefficient (Wildman–Crippen LogP) is 3.03. The molecule has 0 atom stereocenters. The number of amides is 1. The first-order chi connectivity index (χ1) is 7.04. The molecule has 1 aromatic rings. The Morgan fingerprint density at radius 2 is 2.00 bits per heavy atom. The Morgan fingerprint density at radius 3 is 2.47 bits per heavy atom. The van der Waals surface area contributed by atoms with Crippen LogP contribution in [0.15, 0.2) is 16.6 Å². The van der Waals surface area contributed by atoms with Gasteiger partial charge in [-0.25, -0.2) is 0 Å². The third kappa shape index (κ3) is 3.10. The third-order valence-electron chi connectivity index (χ3n) is 2.02. The maximum atomic E-state index is 11.3. The zero-order valence-electron chi connectivity index (χ0n) is 8.73. The molecule has 1 N–H and O–H groups in total. The van der Waals surface area contributed by atoms with Crippen LogP contribution < -0.4 is 5.32 Å². The summed E-state index contributed by atoms with van der Waals surface area (Å²) < 4.78 is 1.01. The molecule has 3 heteroatoms. The van der Waals surface area contributed by atoms with Gasteiger partial charge in [0, 0.05) is 10.2 Å². The number of hydrogen-bond acceptors (Lipinski definition) is 1. The lowest BCUT2D eigenvalue weighted by atomic mass is 10.1. The monoisotopic (exact) mass is 265 g/mol. The second-order valence-electron chi connectivity index (χ2n) is 3.34. The molecule has 15 heavy (non-hydrogen) atoms. The number of nitrogens with one attached hydrogen (secondary N) is 1. The molecule has 0 unspecified atom stereocenters. The molecule has 0 saturated heterocycles. The SMILES string of the molecule is C#CCC(=O)Nc1c(C)cc(Br)cc1C. The molecule has 0 spiro atoms. The van der Waals surface area contributed by atoms with E-state index in [-0.39, 0.29) is 12.3 Å². The van der Waals surface area contributed by atoms with Crippen molar-refractivity contribution in [1.82, 2.24) is 0 Å². The Kier molecular flexibility index (Phi) is 3.93. The van der Waals surface area contributed by atoms with Crippen molar-refractivity contribution in [2.24, 2.45) is 0 Å². The van der Waals surface area contributed by atoms with Gasteiger partial charge in [0.2, 0.25) is 5.91 Å². The van der Waals surface area contributed by atoms with Crippen LogP contribution in [0.25, 0.3) is 0 Å². The van der Waals surface area contributed by atoms with Crippen LogP contribution in [-0.2, 0) is 4.79 Å². The second-order valence-corrected chi connectivity index (χ2v) is 4.26. The maximum absolute atomic E-state index is 11.3. The lowest BCUT2D eigenvalue weighted by Gasteiger charge is -2.11. The molecule has 0 saturated carbocycles. The van der Waals surface area contributed by atoms with Crippen LogP contribution in [0.3, 0.4) is 0 Å². The molecule has 0 fully saturated rings. The maximum Gasteiger partial charge on any atom is 0.236 e. The van der Waals surface area contributed by atoms with E-state index in [1.165, 1.54) is 0 Å². The largest absolute Gasteiger partial charge is 0.325 e. The molecule has 2 nitrogen and oxygen atoms in total. The van der Waals surface area contributed by atoms with Gasteiger partial charge in [0.1, 0.15) is 0 Å². The number of rotatable bonds is 2. The van der Waals surface area contributed by atoms with Crippen molar-refractivity contribution in [3.63, 3.8) is 0 Å². The van der Waals surface area contributed by atoms with E-state index in [0.717, 1.165) is 21.3 Å². The number of halogens is 1. The minimum absolute atomic E-state index is 0.106. The van der Waals surface area contributed by atoms with Gasteiger partial charge in [-0.2, -0.15) is 0 Å². The summed E-state index contributed by atoms with van der Waals surface area (Å²) in [6.07, 6.45) is 5.17. The highest BCUT2D eigenvalue weighted by Crippen LogP contribution is 2.25. The first kappa shape index (κ1) is 11.8. The highest BCUT2D eigenvalue weighted by Gasteiger charge is 2.07. The van der Waals surface area contributed by atoms with Crippen LogP contribution in [0.1, 0.15) is 17.5 Å². The number of anilines is 1. The molecule has 1 aromatic carbocycles. The van der Waals surface area contributed by atoms with Gasteiger partial charge in [-0.3, -0.25) is 4.79 Å². The molecule has 0 bridgehead atoms. The van der Waals surface area contributed by atoms with E-state index < -0.39 is 0 Å². The van der Waals surface area contributed by atoms with Crippen LogP contribution in [0, 0.1) is 26.2 Å². The summed E-state index contributed by atoms with van der Waals surface area (Å²) in [5.41, 5.74) is 2.89. The molecule has 0 heterocycles. The Morgan fingerprint density at radius 1 is 1.47 bits per heavy atom. The molecule has 1 rings (SSSR count). The van der Waals surface area contributed by atoms with Crippen LogP contribution >= 0.6 is 15.9 Å². The zero-order chi connectivity index (χ0) is 11.4. The van der Waals surface area contributed by atoms with Crippen molar-refractivity contribution in [2.75, 3.05) is 5.32 Å². The Hall–Kier alpha value is -1.27. The fourth-order valence-corrected chi connectivity index (χ4v) is 2.07. The summed E-state index contributed by atoms with van der Waals surface area (Å²) in [5.74, 6) is 2.17. The Balaban J connectivity index is 2.96. The lowest BCUT2D eigenvalue weighted by Crippen LogP contribution is -2.12. The van der Waals surface area contributed by atoms with E-state index in [2.05, 4.69) is 27.2 Å². The van der Waals surface area contributed by atoms with Crippen LogP contribution in [-0.4, -0.2) is 5.91 Å². The van der Waals surface area contributed by atoms with Gasteiger partial charge in [-0.05, 0) is 37.1 Å². The van der Waals surface area contributed by atoms with Crippen molar-refractivity contribution in [2.45, 2.75) is 20.3 Å². The molecule has 0 radical (unpaired) electrons. The number of carbonyl (C=O) groups excluding carboxylic acids is 1. The van der Waals surface area contributed by atoms with E-state index in [0.29, 0.717) is 0 Å². The zero-order valence-corrected chi connectivity index (χ0v) is 10.3. The smallest absolute Gasteiger partial charge is 0.236 e. The first-order valence-electron chi connectivity index (χ1n) is 4.54. The van der Waals surface area contributed by atoms with Crippen molar-refractivity contribution in [3.05, 3.63) is 27.7 Å². The fraction of sp³-hybridized carbons (Fsp3) is 0.250. The van der Waals surface area contributed by atoms with Crippen molar-refractivity contribution < 1.29 is 4.79 Å². The van der Waals surface area contributed by atoms with Crippen molar-refractivity contribution in [1.29, 1.82) is 0 Å². The number of terminal acetylenes is 1. The quantitative estimate of drug-likeness (QED) is 0.819. The number of aryl methyl sites for hydroxylation is 2. The van der Waals surface area contributed by atoms with Gasteiger partial charge in [-0.15, -0.1) is 6.42 Å². The predicted molar refractivity (Wildman–Crippen MR) is 65.7 cm³/mol. The van der Waals surface area contributed by atoms with E-state index >= 15 is 0 Å². The Bertz CT molecular complexity index is 409. The van der Waals surface area contributed by atoms with E-state index in [4.69, 9.17) is 6.42 Å². The summed E-state index contributed by atoms with van der Waals surface area (Å²) in [7, 11) is 0. The van der Waals surface area contributed by atoms with Gasteiger partial charge in [0.25, 0.3) is 0 Å². The van der Waals surface area contributed by atoms with E-state index in [9.17, 15) is 4.79 Å². The molecule has 1 amide bonds. The van der Waals surface area contributed by atoms with Gasteiger partial charge in [0.05, 0.1) is 6.42 Å². The minimum atomic E-state index is -0.147. The molecular weight excluding hydrogens is 254 g/mol.